The molecule has 212 valence electrons. The van der Waals surface area contributed by atoms with Crippen LogP contribution < -0.4 is 31.1 Å². The monoisotopic (exact) mass is 560 g/mol. The van der Waals surface area contributed by atoms with E-state index in [2.05, 4.69) is 32.4 Å². The highest BCUT2D eigenvalue weighted by Crippen LogP contribution is 2.39. The van der Waals surface area contributed by atoms with Crippen LogP contribution in [-0.2, 0) is 0 Å². The number of likely N-dealkylation sites (tertiary alicyclic amines) is 1. The number of pyridine rings is 1. The zero-order valence-electron chi connectivity index (χ0n) is 22.5. The smallest absolute Gasteiger partial charge is 0.296 e. The molecule has 3 aliphatic rings. The van der Waals surface area contributed by atoms with Crippen molar-refractivity contribution in [3.8, 4) is 17.7 Å². The molecule has 3 atom stereocenters. The van der Waals surface area contributed by atoms with Crippen molar-refractivity contribution in [1.29, 1.82) is 5.26 Å². The van der Waals surface area contributed by atoms with Crippen LogP contribution in [0.3, 0.4) is 0 Å². The number of nitriles is 1. The van der Waals surface area contributed by atoms with E-state index in [1.807, 2.05) is 6.07 Å². The molecule has 2 unspecified atom stereocenters. The molecule has 3 fully saturated rings. The number of benzene rings is 1. The first-order valence-electron chi connectivity index (χ1n) is 13.7. The number of nitrogens with two attached hydrogens (primary N) is 1. The van der Waals surface area contributed by atoms with E-state index in [-0.39, 0.29) is 45.5 Å². The zero-order chi connectivity index (χ0) is 28.2. The molecule has 0 spiro atoms. The van der Waals surface area contributed by atoms with Crippen LogP contribution in [0.4, 0.5) is 16.0 Å². The topological polar surface area (TPSA) is 148 Å². The molecule has 0 amide bonds. The van der Waals surface area contributed by atoms with Crippen molar-refractivity contribution in [2.24, 2.45) is 0 Å². The molecule has 13 heteroatoms. The molecule has 3 aliphatic heterocycles. The fourth-order valence-corrected chi connectivity index (χ4v) is 6.34. The van der Waals surface area contributed by atoms with Crippen LogP contribution in [0.2, 0.25) is 0 Å². The van der Waals surface area contributed by atoms with E-state index in [0.29, 0.717) is 24.1 Å². The molecule has 3 N–H and O–H groups in total. The van der Waals surface area contributed by atoms with E-state index in [0.717, 1.165) is 57.1 Å². The number of aromatic nitrogens is 3. The molecule has 0 radical (unpaired) electrons. The zero-order valence-corrected chi connectivity index (χ0v) is 22.5. The van der Waals surface area contributed by atoms with Crippen molar-refractivity contribution in [2.45, 2.75) is 43.8 Å². The molecule has 2 bridgehead atoms. The normalized spacial score (nSPS) is 22.5. The lowest BCUT2D eigenvalue weighted by molar-refractivity contribution is 0.0640. The standard InChI is InChI=1S/C28H29FN8O4/c1-35-8-2-3-17(35)14-39-37-13-21(36-11-15-4-5-16(12-36)33-15)19-10-32-34-27(24(19)28(37)38)40-22-7-6-20(29)23-18(9-30)26(31)41-25(22)23/h6-7,10,13,15-17,33H,2-5,8,11-12,14,31H2,1H3/t15?,16?,17-/m0/s1. The third-order valence-corrected chi connectivity index (χ3v) is 8.48. The Kier molecular flexibility index (Phi) is 6.17. The molecule has 3 saturated heterocycles. The van der Waals surface area contributed by atoms with Gasteiger partial charge in [0.1, 0.15) is 29.4 Å². The third-order valence-electron chi connectivity index (χ3n) is 8.48. The molecule has 7 rings (SSSR count). The summed E-state index contributed by atoms with van der Waals surface area (Å²) in [4.78, 5) is 24.5. The van der Waals surface area contributed by atoms with Gasteiger partial charge in [-0.25, -0.2) is 4.39 Å². The highest BCUT2D eigenvalue weighted by atomic mass is 19.1. The van der Waals surface area contributed by atoms with Crippen molar-refractivity contribution < 1.29 is 18.4 Å². The number of nitrogens with zero attached hydrogens (tertiary/aromatic N) is 6. The van der Waals surface area contributed by atoms with Gasteiger partial charge < -0.3 is 29.9 Å². The number of halogens is 1. The maximum Gasteiger partial charge on any atom is 0.296 e. The maximum absolute atomic E-state index is 14.7. The van der Waals surface area contributed by atoms with E-state index in [1.54, 1.807) is 12.4 Å². The Balaban J connectivity index is 1.35. The van der Waals surface area contributed by atoms with Gasteiger partial charge in [-0.1, -0.05) is 0 Å². The molecule has 3 aromatic heterocycles. The largest absolute Gasteiger partial charge is 0.435 e. The summed E-state index contributed by atoms with van der Waals surface area (Å²) in [5.74, 6) is -0.966. The van der Waals surface area contributed by atoms with Gasteiger partial charge in [0.05, 0.1) is 23.5 Å². The van der Waals surface area contributed by atoms with Gasteiger partial charge in [0.2, 0.25) is 5.88 Å². The van der Waals surface area contributed by atoms with Crippen LogP contribution in [0, 0.1) is 17.1 Å². The number of anilines is 2. The average Bonchev–Trinajstić information content (AvgIpc) is 3.65. The number of hydrogen-bond donors (Lipinski definition) is 2. The van der Waals surface area contributed by atoms with Gasteiger partial charge in [0.15, 0.2) is 11.3 Å². The van der Waals surface area contributed by atoms with E-state index in [9.17, 15) is 14.4 Å². The summed E-state index contributed by atoms with van der Waals surface area (Å²) in [6.07, 6.45) is 7.54. The highest BCUT2D eigenvalue weighted by Gasteiger charge is 2.34. The first-order valence-corrected chi connectivity index (χ1v) is 13.7. The lowest BCUT2D eigenvalue weighted by atomic mass is 10.1. The van der Waals surface area contributed by atoms with E-state index in [1.165, 1.54) is 10.8 Å². The number of likely N-dealkylation sites (N-methyl/N-ethyl adjacent to an activating group) is 1. The quantitative estimate of drug-likeness (QED) is 0.358. The Morgan fingerprint density at radius 3 is 2.78 bits per heavy atom. The number of fused-ring (bicyclic) bond motifs is 4. The summed E-state index contributed by atoms with van der Waals surface area (Å²) in [5, 5.41) is 22.0. The molecular formula is C28H29FN8O4. The predicted molar refractivity (Wildman–Crippen MR) is 148 cm³/mol. The lowest BCUT2D eigenvalue weighted by Crippen LogP contribution is -2.51. The first-order chi connectivity index (χ1) is 19.9. The number of furan rings is 1. The van der Waals surface area contributed by atoms with E-state index >= 15 is 0 Å². The Bertz CT molecular complexity index is 1750. The van der Waals surface area contributed by atoms with Gasteiger partial charge in [-0.05, 0) is 51.4 Å². The lowest BCUT2D eigenvalue weighted by Gasteiger charge is -2.35. The van der Waals surface area contributed by atoms with Crippen LogP contribution in [-0.4, -0.2) is 71.2 Å². The first kappa shape index (κ1) is 25.6. The fourth-order valence-electron chi connectivity index (χ4n) is 6.34. The molecule has 6 heterocycles. The Hall–Kier alpha value is -4.41. The number of ether oxygens (including phenoxy) is 1. The Morgan fingerprint density at radius 1 is 1.24 bits per heavy atom. The van der Waals surface area contributed by atoms with Gasteiger partial charge in [-0.3, -0.25) is 9.69 Å². The molecule has 4 aromatic rings. The molecule has 0 aliphatic carbocycles. The van der Waals surface area contributed by atoms with E-state index in [4.69, 9.17) is 19.7 Å². The molecule has 41 heavy (non-hydrogen) atoms. The number of hydrogen-bond acceptors (Lipinski definition) is 11. The van der Waals surface area contributed by atoms with Crippen molar-refractivity contribution >= 4 is 33.3 Å². The minimum absolute atomic E-state index is 0.0430. The second-order valence-electron chi connectivity index (χ2n) is 11.0. The average molecular weight is 561 g/mol. The van der Waals surface area contributed by atoms with Crippen molar-refractivity contribution in [3.05, 3.63) is 46.3 Å². The van der Waals surface area contributed by atoms with Gasteiger partial charge in [-0.2, -0.15) is 10.4 Å². The summed E-state index contributed by atoms with van der Waals surface area (Å²) >= 11 is 0. The minimum atomic E-state index is -0.684. The molecule has 12 nitrogen and oxygen atoms in total. The van der Waals surface area contributed by atoms with E-state index < -0.39 is 11.4 Å². The van der Waals surface area contributed by atoms with Crippen LogP contribution in [0.15, 0.2) is 33.7 Å². The van der Waals surface area contributed by atoms with Crippen molar-refractivity contribution in [1.82, 2.24) is 25.1 Å². The van der Waals surface area contributed by atoms with Gasteiger partial charge in [0.25, 0.3) is 11.4 Å². The molecule has 1 aromatic carbocycles. The van der Waals surface area contributed by atoms with Crippen LogP contribution in [0.5, 0.6) is 11.6 Å². The Labute approximate surface area is 234 Å². The summed E-state index contributed by atoms with van der Waals surface area (Å²) in [6, 6.07) is 5.26. The number of rotatable bonds is 6. The summed E-state index contributed by atoms with van der Waals surface area (Å²) in [7, 11) is 2.05. The van der Waals surface area contributed by atoms with Crippen LogP contribution in [0.25, 0.3) is 21.7 Å². The third kappa shape index (κ3) is 4.30. The second-order valence-corrected chi connectivity index (χ2v) is 11.0. The summed E-state index contributed by atoms with van der Waals surface area (Å²) in [6.45, 7) is 2.88. The minimum Gasteiger partial charge on any atom is -0.435 e. The van der Waals surface area contributed by atoms with Crippen molar-refractivity contribution in [3.63, 3.8) is 0 Å². The number of nitrogens with one attached hydrogen (secondary N) is 1. The predicted octanol–water partition coefficient (Wildman–Crippen LogP) is 2.39. The maximum atomic E-state index is 14.7. The van der Waals surface area contributed by atoms with Crippen LogP contribution in [0.1, 0.15) is 31.2 Å². The van der Waals surface area contributed by atoms with Gasteiger partial charge in [0, 0.05) is 36.6 Å². The highest BCUT2D eigenvalue weighted by molar-refractivity contribution is 5.97. The van der Waals surface area contributed by atoms with Gasteiger partial charge >= 0.3 is 0 Å². The Morgan fingerprint density at radius 2 is 2.05 bits per heavy atom. The van der Waals surface area contributed by atoms with Crippen molar-refractivity contribution in [2.75, 3.05) is 43.9 Å². The number of nitrogen functional groups attached to an aromatic ring is 1. The molecular weight excluding hydrogens is 531 g/mol. The second kappa shape index (κ2) is 9.90. The summed E-state index contributed by atoms with van der Waals surface area (Å²) < 4.78 is 27.5. The number of piperazine rings is 1. The van der Waals surface area contributed by atoms with Crippen LogP contribution >= 0.6 is 0 Å². The summed E-state index contributed by atoms with van der Waals surface area (Å²) in [5.41, 5.74) is 5.97. The molecule has 0 saturated carbocycles. The van der Waals surface area contributed by atoms with Gasteiger partial charge in [-0.15, -0.1) is 9.83 Å². The SMILES string of the molecule is CN1CCC[C@H]1COn1cc(N2CC3CCC(C2)N3)c2cnnc(Oc3ccc(F)c4c(C#N)c(N)oc34)c2c1=O. The fraction of sp³-hybridized carbons (Fsp3) is 0.429.